The number of carbonyl (C=O) groups is 2. The predicted molar refractivity (Wildman–Crippen MR) is 75.0 cm³/mol. The van der Waals surface area contributed by atoms with Crippen molar-refractivity contribution in [2.24, 2.45) is 5.92 Å². The number of aryl methyl sites for hydroxylation is 1. The maximum absolute atomic E-state index is 11.9. The lowest BCUT2D eigenvalue weighted by atomic mass is 9.99. The minimum Gasteiger partial charge on any atom is -0.325 e. The van der Waals surface area contributed by atoms with E-state index < -0.39 is 0 Å². The number of anilines is 1. The van der Waals surface area contributed by atoms with Crippen molar-refractivity contribution in [2.45, 2.75) is 20.3 Å². The number of rotatable bonds is 3. The highest BCUT2D eigenvalue weighted by atomic mass is 16.2. The number of nitrogens with zero attached hydrogens (tertiary/aromatic N) is 1. The van der Waals surface area contributed by atoms with Crippen LogP contribution in [0.3, 0.4) is 0 Å². The van der Waals surface area contributed by atoms with Crippen molar-refractivity contribution in [1.82, 2.24) is 4.90 Å². The first-order chi connectivity index (χ1) is 9.04. The van der Waals surface area contributed by atoms with Gasteiger partial charge in [0, 0.05) is 31.1 Å². The smallest absolute Gasteiger partial charge is 0.238 e. The summed E-state index contributed by atoms with van der Waals surface area (Å²) in [6.07, 6.45) is 0.555. The second-order valence-corrected chi connectivity index (χ2v) is 5.27. The number of benzene rings is 1. The van der Waals surface area contributed by atoms with Crippen molar-refractivity contribution in [3.63, 3.8) is 0 Å². The van der Waals surface area contributed by atoms with Gasteiger partial charge in [0.2, 0.25) is 5.91 Å². The molecule has 1 aromatic rings. The molecule has 1 fully saturated rings. The molecule has 1 saturated heterocycles. The summed E-state index contributed by atoms with van der Waals surface area (Å²) >= 11 is 0. The molecule has 1 atom stereocenters. The predicted octanol–water partition coefficient (Wildman–Crippen LogP) is 1.84. The van der Waals surface area contributed by atoms with Crippen LogP contribution in [0.15, 0.2) is 24.3 Å². The van der Waals surface area contributed by atoms with E-state index in [4.69, 9.17) is 0 Å². The topological polar surface area (TPSA) is 49.4 Å². The molecule has 0 aliphatic carbocycles. The maximum Gasteiger partial charge on any atom is 0.238 e. The number of Topliss-reactive ketones (excluding diaryl/α,β-unsaturated/α-hetero) is 1. The van der Waals surface area contributed by atoms with Crippen LogP contribution in [0.25, 0.3) is 0 Å². The molecule has 0 radical (unpaired) electrons. The van der Waals surface area contributed by atoms with Crippen LogP contribution in [0.5, 0.6) is 0 Å². The summed E-state index contributed by atoms with van der Waals surface area (Å²) in [6, 6.07) is 7.74. The van der Waals surface area contributed by atoms with Crippen molar-refractivity contribution < 1.29 is 9.59 Å². The number of hydrogen-bond donors (Lipinski definition) is 1. The average Bonchev–Trinajstić information content (AvgIpc) is 2.37. The third-order valence-corrected chi connectivity index (χ3v) is 3.46. The maximum atomic E-state index is 11.9. The number of amides is 1. The highest BCUT2D eigenvalue weighted by Crippen LogP contribution is 2.13. The molecule has 1 heterocycles. The van der Waals surface area contributed by atoms with Gasteiger partial charge in [0.1, 0.15) is 5.78 Å². The van der Waals surface area contributed by atoms with Gasteiger partial charge in [-0.25, -0.2) is 0 Å². The highest BCUT2D eigenvalue weighted by molar-refractivity contribution is 5.92. The summed E-state index contributed by atoms with van der Waals surface area (Å²) in [4.78, 5) is 25.4. The molecule has 1 aliphatic rings. The van der Waals surface area contributed by atoms with E-state index in [1.165, 1.54) is 5.56 Å². The number of hydrogen-bond acceptors (Lipinski definition) is 3. The van der Waals surface area contributed by atoms with Gasteiger partial charge in [-0.2, -0.15) is 0 Å². The minimum absolute atomic E-state index is 0.0228. The van der Waals surface area contributed by atoms with E-state index in [-0.39, 0.29) is 11.8 Å². The van der Waals surface area contributed by atoms with Crippen LogP contribution in [-0.2, 0) is 9.59 Å². The van der Waals surface area contributed by atoms with Gasteiger partial charge >= 0.3 is 0 Å². The Balaban J connectivity index is 1.84. The Labute approximate surface area is 113 Å². The molecule has 0 saturated carbocycles. The first kappa shape index (κ1) is 13.7. The molecule has 1 N–H and O–H groups in total. The van der Waals surface area contributed by atoms with Gasteiger partial charge < -0.3 is 5.32 Å². The van der Waals surface area contributed by atoms with E-state index in [9.17, 15) is 9.59 Å². The zero-order valence-corrected chi connectivity index (χ0v) is 11.5. The molecule has 1 unspecified atom stereocenters. The first-order valence-electron chi connectivity index (χ1n) is 6.66. The van der Waals surface area contributed by atoms with Crippen molar-refractivity contribution in [3.8, 4) is 0 Å². The SMILES string of the molecule is Cc1ccc(NC(=O)CN2CCC(=O)C(C)C2)cc1. The van der Waals surface area contributed by atoms with E-state index in [1.807, 2.05) is 43.0 Å². The monoisotopic (exact) mass is 260 g/mol. The third-order valence-electron chi connectivity index (χ3n) is 3.46. The van der Waals surface area contributed by atoms with E-state index in [0.717, 1.165) is 5.69 Å². The highest BCUT2D eigenvalue weighted by Gasteiger charge is 2.24. The normalized spacial score (nSPS) is 20.3. The lowest BCUT2D eigenvalue weighted by molar-refractivity contribution is -0.127. The average molecular weight is 260 g/mol. The molecule has 0 spiro atoms. The lowest BCUT2D eigenvalue weighted by Crippen LogP contribution is -2.43. The second kappa shape index (κ2) is 5.97. The largest absolute Gasteiger partial charge is 0.325 e. The Morgan fingerprint density at radius 2 is 2.05 bits per heavy atom. The van der Waals surface area contributed by atoms with E-state index in [1.54, 1.807) is 0 Å². The molecular weight excluding hydrogens is 240 g/mol. The number of likely N-dealkylation sites (tertiary alicyclic amines) is 1. The van der Waals surface area contributed by atoms with Crippen LogP contribution in [0, 0.1) is 12.8 Å². The van der Waals surface area contributed by atoms with Crippen LogP contribution in [-0.4, -0.2) is 36.2 Å². The number of carbonyl (C=O) groups excluding carboxylic acids is 2. The zero-order chi connectivity index (χ0) is 13.8. The van der Waals surface area contributed by atoms with Gasteiger partial charge in [0.25, 0.3) is 0 Å². The summed E-state index contributed by atoms with van der Waals surface area (Å²) in [7, 11) is 0. The molecule has 1 aliphatic heterocycles. The molecule has 102 valence electrons. The Hall–Kier alpha value is -1.68. The molecule has 1 amide bonds. The fourth-order valence-electron chi connectivity index (χ4n) is 2.28. The van der Waals surface area contributed by atoms with Gasteiger partial charge in [-0.1, -0.05) is 24.6 Å². The van der Waals surface area contributed by atoms with Gasteiger partial charge in [0.05, 0.1) is 6.54 Å². The standard InChI is InChI=1S/C15H20N2O2/c1-11-3-5-13(6-4-11)16-15(19)10-17-8-7-14(18)12(2)9-17/h3-6,12H,7-10H2,1-2H3,(H,16,19). The van der Waals surface area contributed by atoms with Gasteiger partial charge in [-0.3, -0.25) is 14.5 Å². The van der Waals surface area contributed by atoms with Crippen molar-refractivity contribution >= 4 is 17.4 Å². The summed E-state index contributed by atoms with van der Waals surface area (Å²) < 4.78 is 0. The van der Waals surface area contributed by atoms with Crippen molar-refractivity contribution in [3.05, 3.63) is 29.8 Å². The molecule has 0 aromatic heterocycles. The van der Waals surface area contributed by atoms with E-state index >= 15 is 0 Å². The van der Waals surface area contributed by atoms with Gasteiger partial charge in [0.15, 0.2) is 0 Å². The molecule has 4 nitrogen and oxygen atoms in total. The van der Waals surface area contributed by atoms with Crippen molar-refractivity contribution in [2.75, 3.05) is 25.0 Å². The molecular formula is C15H20N2O2. The Kier molecular flexibility index (Phi) is 4.32. The zero-order valence-electron chi connectivity index (χ0n) is 11.5. The summed E-state index contributed by atoms with van der Waals surface area (Å²) in [5.41, 5.74) is 1.98. The van der Waals surface area contributed by atoms with E-state index in [0.29, 0.717) is 31.8 Å². The van der Waals surface area contributed by atoms with Crippen LogP contribution in [0.1, 0.15) is 18.9 Å². The summed E-state index contributed by atoms with van der Waals surface area (Å²) in [5.74, 6) is 0.321. The molecule has 19 heavy (non-hydrogen) atoms. The van der Waals surface area contributed by atoms with Crippen LogP contribution in [0.2, 0.25) is 0 Å². The quantitative estimate of drug-likeness (QED) is 0.902. The van der Waals surface area contributed by atoms with Gasteiger partial charge in [-0.15, -0.1) is 0 Å². The first-order valence-corrected chi connectivity index (χ1v) is 6.66. The summed E-state index contributed by atoms with van der Waals surface area (Å²) in [6.45, 7) is 5.65. The van der Waals surface area contributed by atoms with E-state index in [2.05, 4.69) is 5.32 Å². The van der Waals surface area contributed by atoms with Crippen molar-refractivity contribution in [1.29, 1.82) is 0 Å². The van der Waals surface area contributed by atoms with Crippen LogP contribution < -0.4 is 5.32 Å². The van der Waals surface area contributed by atoms with Crippen LogP contribution in [0.4, 0.5) is 5.69 Å². The third kappa shape index (κ3) is 3.89. The molecule has 4 heteroatoms. The summed E-state index contributed by atoms with van der Waals surface area (Å²) in [5, 5.41) is 2.88. The Morgan fingerprint density at radius 1 is 1.37 bits per heavy atom. The van der Waals surface area contributed by atoms with Gasteiger partial charge in [-0.05, 0) is 19.1 Å². The second-order valence-electron chi connectivity index (χ2n) is 5.27. The molecule has 0 bridgehead atoms. The minimum atomic E-state index is -0.0228. The molecule has 1 aromatic carbocycles. The Morgan fingerprint density at radius 3 is 2.68 bits per heavy atom. The Bertz CT molecular complexity index is 468. The fourth-order valence-corrected chi connectivity index (χ4v) is 2.28. The van der Waals surface area contributed by atoms with Crippen LogP contribution >= 0.6 is 0 Å². The number of nitrogens with one attached hydrogen (secondary N) is 1. The molecule has 2 rings (SSSR count). The number of piperidine rings is 1. The number of ketones is 1. The fraction of sp³-hybridized carbons (Fsp3) is 0.467. The lowest BCUT2D eigenvalue weighted by Gasteiger charge is -2.29.